The van der Waals surface area contributed by atoms with E-state index in [-0.39, 0.29) is 24.2 Å². The van der Waals surface area contributed by atoms with Crippen LogP contribution in [-0.2, 0) is 17.9 Å². The van der Waals surface area contributed by atoms with Crippen molar-refractivity contribution in [1.82, 2.24) is 5.32 Å². The van der Waals surface area contributed by atoms with Gasteiger partial charge in [-0.25, -0.2) is 0 Å². The summed E-state index contributed by atoms with van der Waals surface area (Å²) in [4.78, 5) is 38.1. The maximum absolute atomic E-state index is 12.5. The topological polar surface area (TPSA) is 88.9 Å². The lowest BCUT2D eigenvalue weighted by Crippen LogP contribution is -2.38. The Morgan fingerprint density at radius 3 is 2.53 bits per heavy atom. The van der Waals surface area contributed by atoms with Crippen molar-refractivity contribution in [2.45, 2.75) is 20.0 Å². The second kappa shape index (κ2) is 8.24. The number of ketones is 1. The lowest BCUT2D eigenvalue weighted by atomic mass is 10.1. The van der Waals surface area contributed by atoms with Crippen molar-refractivity contribution >= 4 is 23.3 Å². The molecule has 1 N–H and O–H groups in total. The van der Waals surface area contributed by atoms with Gasteiger partial charge in [0.1, 0.15) is 11.5 Å². The van der Waals surface area contributed by atoms with Gasteiger partial charge in [-0.3, -0.25) is 14.4 Å². The van der Waals surface area contributed by atoms with E-state index >= 15 is 0 Å². The summed E-state index contributed by atoms with van der Waals surface area (Å²) in [5.74, 6) is 0.754. The molecule has 0 unspecified atom stereocenters. The molecule has 3 aromatic rings. The first-order valence-electron chi connectivity index (χ1n) is 9.49. The van der Waals surface area contributed by atoms with Gasteiger partial charge >= 0.3 is 0 Å². The zero-order valence-electron chi connectivity index (χ0n) is 16.4. The third-order valence-electron chi connectivity index (χ3n) is 4.87. The van der Waals surface area contributed by atoms with Crippen LogP contribution in [-0.4, -0.2) is 24.2 Å². The Morgan fingerprint density at radius 1 is 1.07 bits per heavy atom. The van der Waals surface area contributed by atoms with Crippen molar-refractivity contribution in [3.05, 3.63) is 83.3 Å². The van der Waals surface area contributed by atoms with Crippen molar-refractivity contribution < 1.29 is 23.5 Å². The summed E-state index contributed by atoms with van der Waals surface area (Å²) in [6.07, 6.45) is 1.56. The first-order valence-corrected chi connectivity index (χ1v) is 9.49. The first-order chi connectivity index (χ1) is 14.5. The maximum Gasteiger partial charge on any atom is 0.265 e. The maximum atomic E-state index is 12.5. The molecular formula is C23H20N2O5. The number of Topliss-reactive ketones (excluding diaryl/α,β-unsaturated/α-hetero) is 1. The minimum absolute atomic E-state index is 0.0559. The molecule has 7 nitrogen and oxygen atoms in total. The monoisotopic (exact) mass is 404 g/mol. The number of rotatable bonds is 6. The molecule has 0 spiro atoms. The highest BCUT2D eigenvalue weighted by Crippen LogP contribution is 2.34. The Hall–Kier alpha value is -3.87. The molecule has 0 fully saturated rings. The first kappa shape index (κ1) is 19.4. The average molecular weight is 404 g/mol. The van der Waals surface area contributed by atoms with Crippen LogP contribution in [0.4, 0.5) is 5.69 Å². The Bertz CT molecular complexity index is 1090. The number of hydrogen-bond donors (Lipinski definition) is 1. The molecule has 152 valence electrons. The van der Waals surface area contributed by atoms with E-state index in [1.807, 2.05) is 0 Å². The molecule has 2 heterocycles. The van der Waals surface area contributed by atoms with Crippen LogP contribution in [0.5, 0.6) is 5.75 Å². The fraction of sp³-hybridized carbons (Fsp3) is 0.174. The summed E-state index contributed by atoms with van der Waals surface area (Å²) in [6, 6.07) is 15.7. The van der Waals surface area contributed by atoms with Gasteiger partial charge < -0.3 is 19.4 Å². The van der Waals surface area contributed by atoms with Crippen LogP contribution in [0.2, 0.25) is 0 Å². The highest BCUT2D eigenvalue weighted by Gasteiger charge is 2.26. The molecule has 0 bridgehead atoms. The molecular weight excluding hydrogens is 384 g/mol. The average Bonchev–Trinajstić information content (AvgIpc) is 3.28. The third kappa shape index (κ3) is 4.10. The predicted molar refractivity (Wildman–Crippen MR) is 109 cm³/mol. The number of benzene rings is 2. The van der Waals surface area contributed by atoms with E-state index in [1.165, 1.54) is 6.92 Å². The van der Waals surface area contributed by atoms with Crippen molar-refractivity contribution in [3.8, 4) is 5.75 Å². The van der Waals surface area contributed by atoms with Gasteiger partial charge in [-0.2, -0.15) is 0 Å². The van der Waals surface area contributed by atoms with Crippen LogP contribution in [0.25, 0.3) is 0 Å². The second-order valence-corrected chi connectivity index (χ2v) is 6.97. The molecule has 1 aromatic heterocycles. The van der Waals surface area contributed by atoms with E-state index < -0.39 is 0 Å². The lowest BCUT2D eigenvalue weighted by Gasteiger charge is -2.29. The van der Waals surface area contributed by atoms with Crippen LogP contribution >= 0.6 is 0 Å². The molecule has 0 saturated carbocycles. The van der Waals surface area contributed by atoms with Gasteiger partial charge in [-0.05, 0) is 55.0 Å². The van der Waals surface area contributed by atoms with Crippen molar-refractivity contribution in [3.63, 3.8) is 0 Å². The molecule has 7 heteroatoms. The fourth-order valence-corrected chi connectivity index (χ4v) is 3.22. The molecule has 1 aliphatic heterocycles. The van der Waals surface area contributed by atoms with E-state index in [0.717, 1.165) is 5.56 Å². The van der Waals surface area contributed by atoms with Gasteiger partial charge in [0.15, 0.2) is 12.4 Å². The van der Waals surface area contributed by atoms with Crippen LogP contribution in [0.1, 0.15) is 39.0 Å². The zero-order valence-corrected chi connectivity index (χ0v) is 16.4. The Kier molecular flexibility index (Phi) is 5.34. The molecule has 4 rings (SSSR count). The van der Waals surface area contributed by atoms with Gasteiger partial charge in [0, 0.05) is 11.1 Å². The summed E-state index contributed by atoms with van der Waals surface area (Å²) in [5, 5.41) is 2.79. The van der Waals surface area contributed by atoms with Crippen LogP contribution in [0.15, 0.2) is 65.3 Å². The molecule has 1 aliphatic rings. The van der Waals surface area contributed by atoms with Crippen LogP contribution in [0.3, 0.4) is 0 Å². The van der Waals surface area contributed by atoms with Crippen molar-refractivity contribution in [2.75, 3.05) is 11.5 Å². The molecule has 30 heavy (non-hydrogen) atoms. The molecule has 0 saturated heterocycles. The lowest BCUT2D eigenvalue weighted by molar-refractivity contribution is -0.121. The second-order valence-electron chi connectivity index (χ2n) is 6.97. The quantitative estimate of drug-likeness (QED) is 0.637. The van der Waals surface area contributed by atoms with E-state index in [2.05, 4.69) is 5.32 Å². The number of anilines is 1. The van der Waals surface area contributed by atoms with Gasteiger partial charge in [-0.15, -0.1) is 0 Å². The van der Waals surface area contributed by atoms with E-state index in [9.17, 15) is 14.4 Å². The highest BCUT2D eigenvalue weighted by molar-refractivity contribution is 6.01. The number of nitrogens with zero attached hydrogens (tertiary/aromatic N) is 1. The van der Waals surface area contributed by atoms with Gasteiger partial charge in [0.05, 0.1) is 25.0 Å². The summed E-state index contributed by atoms with van der Waals surface area (Å²) in [5.41, 5.74) is 2.45. The zero-order chi connectivity index (χ0) is 21.1. The fourth-order valence-electron chi connectivity index (χ4n) is 3.22. The number of fused-ring (bicyclic) bond motifs is 1. The third-order valence-corrected chi connectivity index (χ3v) is 4.87. The number of ether oxygens (including phenoxy) is 1. The number of hydrogen-bond acceptors (Lipinski definition) is 5. The number of nitrogens with one attached hydrogen (secondary N) is 1. The van der Waals surface area contributed by atoms with Gasteiger partial charge in [0.25, 0.3) is 11.8 Å². The van der Waals surface area contributed by atoms with Crippen LogP contribution < -0.4 is 15.0 Å². The van der Waals surface area contributed by atoms with Gasteiger partial charge in [0.2, 0.25) is 0 Å². The standard InChI is InChI=1S/C23H20N2O5/c1-15(26)18-8-9-21-20(11-18)25(22(27)14-30-21)13-16-4-6-17(7-5-16)23(28)24-12-19-3-2-10-29-19/h2-11H,12-14H2,1H3,(H,24,28). The Labute approximate surface area is 173 Å². The smallest absolute Gasteiger partial charge is 0.265 e. The van der Waals surface area contributed by atoms with E-state index in [4.69, 9.17) is 9.15 Å². The van der Waals surface area contributed by atoms with Crippen molar-refractivity contribution in [2.24, 2.45) is 0 Å². The molecule has 2 aromatic carbocycles. The summed E-state index contributed by atoms with van der Waals surface area (Å²) >= 11 is 0. The summed E-state index contributed by atoms with van der Waals surface area (Å²) in [7, 11) is 0. The normalized spacial score (nSPS) is 12.8. The SMILES string of the molecule is CC(=O)c1ccc2c(c1)N(Cc1ccc(C(=O)NCc3ccco3)cc1)C(=O)CO2. The highest BCUT2D eigenvalue weighted by atomic mass is 16.5. The number of furan rings is 1. The van der Waals surface area contributed by atoms with Crippen molar-refractivity contribution in [1.29, 1.82) is 0 Å². The Morgan fingerprint density at radius 2 is 1.83 bits per heavy atom. The molecule has 0 atom stereocenters. The minimum atomic E-state index is -0.211. The number of carbonyl (C=O) groups is 3. The van der Waals surface area contributed by atoms with E-state index in [1.54, 1.807) is 65.8 Å². The molecule has 0 radical (unpaired) electrons. The number of carbonyl (C=O) groups excluding carboxylic acids is 3. The van der Waals surface area contributed by atoms with E-state index in [0.29, 0.717) is 41.4 Å². The Balaban J connectivity index is 1.48. The largest absolute Gasteiger partial charge is 0.482 e. The summed E-state index contributed by atoms with van der Waals surface area (Å²) < 4.78 is 10.7. The molecule has 0 aliphatic carbocycles. The van der Waals surface area contributed by atoms with Gasteiger partial charge in [-0.1, -0.05) is 12.1 Å². The minimum Gasteiger partial charge on any atom is -0.482 e. The number of amides is 2. The molecule has 2 amide bonds. The van der Waals surface area contributed by atoms with Crippen LogP contribution in [0, 0.1) is 0 Å². The predicted octanol–water partition coefficient (Wildman–Crippen LogP) is 3.34. The summed E-state index contributed by atoms with van der Waals surface area (Å²) in [6.45, 7) is 2.04.